The molecule has 0 bridgehead atoms. The van der Waals surface area contributed by atoms with E-state index in [2.05, 4.69) is 15.3 Å². The molecule has 6 heteroatoms. The molecule has 29 heavy (non-hydrogen) atoms. The quantitative estimate of drug-likeness (QED) is 0.487. The molecule has 1 amide bonds. The van der Waals surface area contributed by atoms with E-state index in [1.54, 1.807) is 18.3 Å². The molecule has 0 saturated heterocycles. The van der Waals surface area contributed by atoms with Crippen LogP contribution in [0.15, 0.2) is 85.1 Å². The molecule has 0 aliphatic heterocycles. The fourth-order valence-corrected chi connectivity index (χ4v) is 2.78. The molecule has 0 aliphatic carbocycles. The highest BCUT2D eigenvalue weighted by Crippen LogP contribution is 2.19. The van der Waals surface area contributed by atoms with Gasteiger partial charge < -0.3 is 15.0 Å². The number of H-pyrrole nitrogens is 1. The number of aromatic amines is 1. The van der Waals surface area contributed by atoms with Crippen LogP contribution in [0.3, 0.4) is 0 Å². The van der Waals surface area contributed by atoms with Gasteiger partial charge in [-0.2, -0.15) is 0 Å². The number of carbonyl (C=O) groups excluding carboxylic acids is 1. The standard InChI is InChI=1S/C23H18FN3O2/c24-18-10-12-19(13-11-18)26-23(28)17-8-6-16(7-9-17)21-14-25-22(27-21)15-29-20-4-2-1-3-5-20/h1-14H,15H2,(H,25,27)(H,26,28). The molecule has 3 aromatic carbocycles. The van der Waals surface area contributed by atoms with Gasteiger partial charge in [-0.3, -0.25) is 4.79 Å². The summed E-state index contributed by atoms with van der Waals surface area (Å²) in [5, 5.41) is 2.74. The maximum absolute atomic E-state index is 13.0. The second-order valence-corrected chi connectivity index (χ2v) is 6.37. The summed E-state index contributed by atoms with van der Waals surface area (Å²) in [4.78, 5) is 20.0. The van der Waals surface area contributed by atoms with Crippen molar-refractivity contribution in [3.8, 4) is 17.0 Å². The van der Waals surface area contributed by atoms with Crippen LogP contribution in [0.1, 0.15) is 16.2 Å². The summed E-state index contributed by atoms with van der Waals surface area (Å²) in [6, 6.07) is 22.3. The van der Waals surface area contributed by atoms with E-state index >= 15 is 0 Å². The van der Waals surface area contributed by atoms with E-state index in [9.17, 15) is 9.18 Å². The van der Waals surface area contributed by atoms with Gasteiger partial charge in [-0.05, 0) is 48.5 Å². The highest BCUT2D eigenvalue weighted by molar-refractivity contribution is 6.04. The minimum Gasteiger partial charge on any atom is -0.486 e. The van der Waals surface area contributed by atoms with E-state index in [0.29, 0.717) is 23.7 Å². The Morgan fingerprint density at radius 3 is 2.41 bits per heavy atom. The first-order valence-corrected chi connectivity index (χ1v) is 9.07. The highest BCUT2D eigenvalue weighted by atomic mass is 19.1. The summed E-state index contributed by atoms with van der Waals surface area (Å²) in [5.41, 5.74) is 2.68. The van der Waals surface area contributed by atoms with Crippen LogP contribution in [-0.4, -0.2) is 15.9 Å². The molecule has 5 nitrogen and oxygen atoms in total. The summed E-state index contributed by atoms with van der Waals surface area (Å²) < 4.78 is 18.6. The molecule has 4 aromatic rings. The normalized spacial score (nSPS) is 10.5. The number of amides is 1. The number of aromatic nitrogens is 2. The fraction of sp³-hybridized carbons (Fsp3) is 0.0435. The van der Waals surface area contributed by atoms with Crippen molar-refractivity contribution in [1.29, 1.82) is 0 Å². The average molecular weight is 387 g/mol. The second-order valence-electron chi connectivity index (χ2n) is 6.37. The Kier molecular flexibility index (Phi) is 5.33. The molecule has 0 aliphatic rings. The number of anilines is 1. The van der Waals surface area contributed by atoms with E-state index in [1.807, 2.05) is 42.5 Å². The van der Waals surface area contributed by atoms with Crippen molar-refractivity contribution >= 4 is 11.6 Å². The highest BCUT2D eigenvalue weighted by Gasteiger charge is 2.09. The largest absolute Gasteiger partial charge is 0.486 e. The van der Waals surface area contributed by atoms with E-state index in [-0.39, 0.29) is 11.7 Å². The molecule has 4 rings (SSSR count). The van der Waals surface area contributed by atoms with Crippen molar-refractivity contribution in [3.05, 3.63) is 102 Å². The summed E-state index contributed by atoms with van der Waals surface area (Å²) in [7, 11) is 0. The van der Waals surface area contributed by atoms with Crippen LogP contribution in [0, 0.1) is 5.82 Å². The number of nitrogens with zero attached hydrogens (tertiary/aromatic N) is 1. The van der Waals surface area contributed by atoms with Crippen molar-refractivity contribution in [2.45, 2.75) is 6.61 Å². The van der Waals surface area contributed by atoms with Crippen molar-refractivity contribution in [1.82, 2.24) is 9.97 Å². The number of halogens is 1. The zero-order chi connectivity index (χ0) is 20.1. The zero-order valence-corrected chi connectivity index (χ0v) is 15.4. The number of ether oxygens (including phenoxy) is 1. The lowest BCUT2D eigenvalue weighted by Crippen LogP contribution is -2.11. The molecular weight excluding hydrogens is 369 g/mol. The third-order valence-electron chi connectivity index (χ3n) is 4.29. The number of hydrogen-bond donors (Lipinski definition) is 2. The van der Waals surface area contributed by atoms with Gasteiger partial charge in [0, 0.05) is 23.0 Å². The summed E-state index contributed by atoms with van der Waals surface area (Å²) in [6.07, 6.45) is 1.80. The van der Waals surface area contributed by atoms with Gasteiger partial charge in [-0.15, -0.1) is 0 Å². The van der Waals surface area contributed by atoms with Gasteiger partial charge in [-0.25, -0.2) is 9.37 Å². The molecule has 0 spiro atoms. The molecule has 0 saturated carbocycles. The zero-order valence-electron chi connectivity index (χ0n) is 15.4. The molecule has 2 N–H and O–H groups in total. The maximum Gasteiger partial charge on any atom is 0.255 e. The van der Waals surface area contributed by atoms with Crippen LogP contribution >= 0.6 is 0 Å². The van der Waals surface area contributed by atoms with Crippen LogP contribution in [0.2, 0.25) is 0 Å². The molecule has 1 aromatic heterocycles. The van der Waals surface area contributed by atoms with Crippen LogP contribution < -0.4 is 10.1 Å². The van der Waals surface area contributed by atoms with Gasteiger partial charge in [0.25, 0.3) is 5.91 Å². The third kappa shape index (κ3) is 4.68. The predicted molar refractivity (Wildman–Crippen MR) is 109 cm³/mol. The van der Waals surface area contributed by atoms with E-state index in [4.69, 9.17) is 4.74 Å². The molecule has 1 heterocycles. The Morgan fingerprint density at radius 2 is 1.69 bits per heavy atom. The lowest BCUT2D eigenvalue weighted by Gasteiger charge is -2.06. The fourth-order valence-electron chi connectivity index (χ4n) is 2.78. The lowest BCUT2D eigenvalue weighted by atomic mass is 10.1. The third-order valence-corrected chi connectivity index (χ3v) is 4.29. The second kappa shape index (κ2) is 8.39. The van der Waals surface area contributed by atoms with Gasteiger partial charge >= 0.3 is 0 Å². The molecule has 0 radical (unpaired) electrons. The minimum absolute atomic E-state index is 0.262. The molecule has 0 fully saturated rings. The Bertz CT molecular complexity index is 1090. The molecular formula is C23H18FN3O2. The SMILES string of the molecule is O=C(Nc1ccc(F)cc1)c1ccc(-c2c[nH]c(COc3ccccc3)n2)cc1. The summed E-state index contributed by atoms with van der Waals surface area (Å²) in [5.74, 6) is 0.881. The number of benzene rings is 3. The predicted octanol–water partition coefficient (Wildman–Crippen LogP) is 5.05. The van der Waals surface area contributed by atoms with Crippen molar-refractivity contribution in [3.63, 3.8) is 0 Å². The number of nitrogens with one attached hydrogen (secondary N) is 2. The average Bonchev–Trinajstić information content (AvgIpc) is 3.24. The van der Waals surface area contributed by atoms with E-state index in [0.717, 1.165) is 17.0 Å². The van der Waals surface area contributed by atoms with Gasteiger partial charge in [0.1, 0.15) is 24.0 Å². The number of rotatable bonds is 6. The number of imidazole rings is 1. The van der Waals surface area contributed by atoms with Gasteiger partial charge in [0.2, 0.25) is 0 Å². The topological polar surface area (TPSA) is 67.0 Å². The number of para-hydroxylation sites is 1. The van der Waals surface area contributed by atoms with Crippen LogP contribution in [-0.2, 0) is 6.61 Å². The van der Waals surface area contributed by atoms with Crippen molar-refractivity contribution in [2.75, 3.05) is 5.32 Å². The van der Waals surface area contributed by atoms with Gasteiger partial charge in [0.05, 0.1) is 5.69 Å². The monoisotopic (exact) mass is 387 g/mol. The lowest BCUT2D eigenvalue weighted by molar-refractivity contribution is 0.102. The van der Waals surface area contributed by atoms with Crippen molar-refractivity contribution in [2.24, 2.45) is 0 Å². The first-order chi connectivity index (χ1) is 14.2. The first kappa shape index (κ1) is 18.4. The van der Waals surface area contributed by atoms with Gasteiger partial charge in [-0.1, -0.05) is 30.3 Å². The summed E-state index contributed by atoms with van der Waals surface area (Å²) in [6.45, 7) is 0.335. The Balaban J connectivity index is 1.39. The van der Waals surface area contributed by atoms with Crippen LogP contribution in [0.4, 0.5) is 10.1 Å². The Morgan fingerprint density at radius 1 is 0.966 bits per heavy atom. The van der Waals surface area contributed by atoms with Gasteiger partial charge in [0.15, 0.2) is 0 Å². The summed E-state index contributed by atoms with van der Waals surface area (Å²) >= 11 is 0. The van der Waals surface area contributed by atoms with E-state index in [1.165, 1.54) is 24.3 Å². The van der Waals surface area contributed by atoms with E-state index < -0.39 is 0 Å². The number of carbonyl (C=O) groups is 1. The van der Waals surface area contributed by atoms with Crippen LogP contribution in [0.5, 0.6) is 5.75 Å². The molecule has 144 valence electrons. The number of hydrogen-bond acceptors (Lipinski definition) is 3. The van der Waals surface area contributed by atoms with Crippen LogP contribution in [0.25, 0.3) is 11.3 Å². The smallest absolute Gasteiger partial charge is 0.255 e. The minimum atomic E-state index is -0.347. The Labute approximate surface area is 167 Å². The Hall–Kier alpha value is -3.93. The molecule has 0 unspecified atom stereocenters. The first-order valence-electron chi connectivity index (χ1n) is 9.07. The molecule has 0 atom stereocenters. The van der Waals surface area contributed by atoms with Crippen molar-refractivity contribution < 1.29 is 13.9 Å². The maximum atomic E-state index is 13.0.